The van der Waals surface area contributed by atoms with E-state index in [0.29, 0.717) is 30.8 Å². The van der Waals surface area contributed by atoms with Gasteiger partial charge in [0, 0.05) is 38.3 Å². The second kappa shape index (κ2) is 13.3. The highest BCUT2D eigenvalue weighted by atomic mass is 19.4. The number of carbonyl (C=O) groups is 3. The molecule has 1 fully saturated rings. The van der Waals surface area contributed by atoms with Gasteiger partial charge in [-0.15, -0.1) is 0 Å². The zero-order valence-corrected chi connectivity index (χ0v) is 17.8. The van der Waals surface area contributed by atoms with E-state index in [4.69, 9.17) is 15.2 Å². The lowest BCUT2D eigenvalue weighted by Gasteiger charge is -2.30. The summed E-state index contributed by atoms with van der Waals surface area (Å²) >= 11 is 0. The van der Waals surface area contributed by atoms with E-state index in [-0.39, 0.29) is 18.4 Å². The Kier molecular flexibility index (Phi) is 11.2. The molecular weight excluding hydrogens is 429 g/mol. The molecule has 1 aliphatic heterocycles. The third-order valence-electron chi connectivity index (χ3n) is 4.62. The number of carbonyl (C=O) groups excluding carboxylic acids is 2. The fourth-order valence-electron chi connectivity index (χ4n) is 2.85. The number of nitrogens with zero attached hydrogens (tertiary/aromatic N) is 3. The molecule has 1 aromatic carbocycles. The summed E-state index contributed by atoms with van der Waals surface area (Å²) in [5, 5.41) is 19.2. The van der Waals surface area contributed by atoms with Gasteiger partial charge in [0.15, 0.2) is 0 Å². The Morgan fingerprint density at radius 3 is 2.19 bits per heavy atom. The largest absolute Gasteiger partial charge is 0.490 e. The molecule has 11 heteroatoms. The monoisotopic (exact) mass is 456 g/mol. The number of unbranched alkanes of at least 4 members (excludes halogenated alkanes) is 2. The third kappa shape index (κ3) is 9.34. The van der Waals surface area contributed by atoms with Crippen molar-refractivity contribution in [1.82, 2.24) is 15.1 Å². The first-order chi connectivity index (χ1) is 15.1. The van der Waals surface area contributed by atoms with Crippen LogP contribution >= 0.6 is 0 Å². The molecule has 0 bridgehead atoms. The quantitative estimate of drug-likeness (QED) is 0.609. The highest BCUT2D eigenvalue weighted by Gasteiger charge is 2.38. The number of alkyl halides is 3. The van der Waals surface area contributed by atoms with Gasteiger partial charge in [-0.05, 0) is 30.7 Å². The summed E-state index contributed by atoms with van der Waals surface area (Å²) in [7, 11) is 0. The fraction of sp³-hybridized carbons (Fsp3) is 0.524. The number of amides is 2. The van der Waals surface area contributed by atoms with Gasteiger partial charge in [-0.25, -0.2) is 4.79 Å². The minimum absolute atomic E-state index is 0.00000604. The Balaban J connectivity index is 0.000000633. The van der Waals surface area contributed by atoms with E-state index in [1.54, 1.807) is 29.2 Å². The van der Waals surface area contributed by atoms with E-state index in [1.165, 1.54) is 0 Å². The summed E-state index contributed by atoms with van der Waals surface area (Å²) in [6.45, 7) is 5.77. The lowest BCUT2D eigenvalue weighted by Crippen LogP contribution is -2.50. The van der Waals surface area contributed by atoms with Gasteiger partial charge in [0.05, 0.1) is 11.6 Å². The molecule has 0 unspecified atom stereocenters. The van der Waals surface area contributed by atoms with E-state index in [2.05, 4.69) is 12.2 Å². The molecule has 176 valence electrons. The number of nitrogens with one attached hydrogen (secondary N) is 1. The number of hydrogen-bond acceptors (Lipinski definition) is 5. The lowest BCUT2D eigenvalue weighted by molar-refractivity contribution is -0.192. The van der Waals surface area contributed by atoms with Gasteiger partial charge in [0.1, 0.15) is 6.54 Å². The molecular formula is C21H27F3N4O4. The molecule has 8 nitrogen and oxygen atoms in total. The first kappa shape index (κ1) is 26.9. The SMILES string of the molecule is CCCCCN(CC(=O)N1CCNCC1)C(=O)c1ccc(C#N)cc1.O=C(O)C(F)(F)F. The molecule has 1 heterocycles. The topological polar surface area (TPSA) is 114 Å². The van der Waals surface area contributed by atoms with Gasteiger partial charge in [0.2, 0.25) is 5.91 Å². The number of halogens is 3. The number of benzene rings is 1. The zero-order chi connectivity index (χ0) is 24.1. The second-order valence-corrected chi connectivity index (χ2v) is 7.06. The smallest absolute Gasteiger partial charge is 0.475 e. The predicted molar refractivity (Wildman–Crippen MR) is 110 cm³/mol. The van der Waals surface area contributed by atoms with E-state index in [9.17, 15) is 22.8 Å². The predicted octanol–water partition coefficient (Wildman–Crippen LogP) is 2.26. The van der Waals surface area contributed by atoms with Crippen molar-refractivity contribution >= 4 is 17.8 Å². The van der Waals surface area contributed by atoms with Crippen LogP contribution in [0.25, 0.3) is 0 Å². The second-order valence-electron chi connectivity index (χ2n) is 7.06. The van der Waals surface area contributed by atoms with Crippen LogP contribution in [0.1, 0.15) is 42.1 Å². The number of carboxylic acids is 1. The number of nitriles is 1. The van der Waals surface area contributed by atoms with Crippen LogP contribution < -0.4 is 5.32 Å². The maximum Gasteiger partial charge on any atom is 0.490 e. The molecule has 2 rings (SSSR count). The molecule has 0 aromatic heterocycles. The van der Waals surface area contributed by atoms with Crippen molar-refractivity contribution < 1.29 is 32.7 Å². The van der Waals surface area contributed by atoms with Crippen molar-refractivity contribution in [3.63, 3.8) is 0 Å². The molecule has 0 spiro atoms. The van der Waals surface area contributed by atoms with Crippen molar-refractivity contribution in [3.8, 4) is 6.07 Å². The Hall–Kier alpha value is -3.13. The third-order valence-corrected chi connectivity index (χ3v) is 4.62. The van der Waals surface area contributed by atoms with Gasteiger partial charge in [-0.1, -0.05) is 19.8 Å². The molecule has 0 aliphatic carbocycles. The number of hydrogen-bond donors (Lipinski definition) is 2. The Morgan fingerprint density at radius 2 is 1.72 bits per heavy atom. The van der Waals surface area contributed by atoms with Gasteiger partial charge >= 0.3 is 12.1 Å². The summed E-state index contributed by atoms with van der Waals surface area (Å²) in [6.07, 6.45) is -2.11. The van der Waals surface area contributed by atoms with Crippen molar-refractivity contribution in [2.24, 2.45) is 0 Å². The van der Waals surface area contributed by atoms with Gasteiger partial charge < -0.3 is 20.2 Å². The molecule has 2 N–H and O–H groups in total. The maximum atomic E-state index is 12.8. The van der Waals surface area contributed by atoms with Crippen LogP contribution in [-0.2, 0) is 9.59 Å². The van der Waals surface area contributed by atoms with Crippen LogP contribution in [0.2, 0.25) is 0 Å². The average molecular weight is 456 g/mol. The van der Waals surface area contributed by atoms with Crippen LogP contribution in [0.4, 0.5) is 13.2 Å². The molecule has 0 radical (unpaired) electrons. The Labute approximate surface area is 184 Å². The van der Waals surface area contributed by atoms with Crippen molar-refractivity contribution in [2.75, 3.05) is 39.3 Å². The minimum Gasteiger partial charge on any atom is -0.475 e. The van der Waals surface area contributed by atoms with Gasteiger partial charge in [-0.2, -0.15) is 18.4 Å². The van der Waals surface area contributed by atoms with Gasteiger partial charge in [0.25, 0.3) is 5.91 Å². The summed E-state index contributed by atoms with van der Waals surface area (Å²) in [4.78, 5) is 37.7. The van der Waals surface area contributed by atoms with Crippen molar-refractivity contribution in [1.29, 1.82) is 5.26 Å². The molecule has 32 heavy (non-hydrogen) atoms. The molecule has 1 aliphatic rings. The molecule has 0 atom stereocenters. The standard InChI is InChI=1S/C19H26N4O2.C2HF3O2/c1-2-3-4-11-23(15-18(24)22-12-9-21-10-13-22)19(25)17-7-5-16(14-20)6-8-17;3-2(4,5)1(6)7/h5-8,21H,2-4,9-13,15H2,1H3;(H,6,7). The van der Waals surface area contributed by atoms with Crippen LogP contribution in [-0.4, -0.2) is 78.1 Å². The van der Waals surface area contributed by atoms with Crippen LogP contribution in [0.3, 0.4) is 0 Å². The van der Waals surface area contributed by atoms with Crippen LogP contribution in [0, 0.1) is 11.3 Å². The highest BCUT2D eigenvalue weighted by molar-refractivity contribution is 5.96. The van der Waals surface area contributed by atoms with E-state index in [0.717, 1.165) is 32.4 Å². The average Bonchev–Trinajstić information content (AvgIpc) is 2.78. The summed E-state index contributed by atoms with van der Waals surface area (Å²) in [5.41, 5.74) is 1.04. The first-order valence-electron chi connectivity index (χ1n) is 10.2. The number of carboxylic acid groups (broad SMARTS) is 1. The summed E-state index contributed by atoms with van der Waals surface area (Å²) in [5.74, 6) is -2.91. The van der Waals surface area contributed by atoms with E-state index < -0.39 is 12.1 Å². The van der Waals surface area contributed by atoms with E-state index in [1.807, 2.05) is 11.0 Å². The minimum atomic E-state index is -5.08. The lowest BCUT2D eigenvalue weighted by atomic mass is 10.1. The van der Waals surface area contributed by atoms with Crippen LogP contribution in [0.5, 0.6) is 0 Å². The molecule has 0 saturated carbocycles. The first-order valence-corrected chi connectivity index (χ1v) is 10.2. The fourth-order valence-corrected chi connectivity index (χ4v) is 2.85. The van der Waals surface area contributed by atoms with Crippen molar-refractivity contribution in [3.05, 3.63) is 35.4 Å². The summed E-state index contributed by atoms with van der Waals surface area (Å²) < 4.78 is 31.7. The van der Waals surface area contributed by atoms with Crippen LogP contribution in [0.15, 0.2) is 24.3 Å². The molecule has 1 saturated heterocycles. The normalized spacial score (nSPS) is 13.4. The Bertz CT molecular complexity index is 801. The number of rotatable bonds is 7. The van der Waals surface area contributed by atoms with Crippen molar-refractivity contribution in [2.45, 2.75) is 32.4 Å². The molecule has 1 aromatic rings. The highest BCUT2D eigenvalue weighted by Crippen LogP contribution is 2.13. The zero-order valence-electron chi connectivity index (χ0n) is 17.8. The molecule has 2 amide bonds. The number of aliphatic carboxylic acids is 1. The number of piperazine rings is 1. The maximum absolute atomic E-state index is 12.8. The Morgan fingerprint density at radius 1 is 1.16 bits per heavy atom. The van der Waals surface area contributed by atoms with Gasteiger partial charge in [-0.3, -0.25) is 9.59 Å². The van der Waals surface area contributed by atoms with E-state index >= 15 is 0 Å². The summed E-state index contributed by atoms with van der Waals surface area (Å²) in [6, 6.07) is 8.63.